The molecule has 88 valence electrons. The number of ether oxygens (including phenoxy) is 1. The van der Waals surface area contributed by atoms with Crippen molar-refractivity contribution in [2.45, 2.75) is 44.6 Å². The third-order valence-electron chi connectivity index (χ3n) is 3.48. The molecule has 2 N–H and O–H groups in total. The van der Waals surface area contributed by atoms with Gasteiger partial charge in [-0.2, -0.15) is 0 Å². The van der Waals surface area contributed by atoms with Crippen LogP contribution < -0.4 is 10.5 Å². The van der Waals surface area contributed by atoms with Crippen molar-refractivity contribution in [1.29, 1.82) is 0 Å². The highest BCUT2D eigenvalue weighted by Gasteiger charge is 2.39. The molecule has 2 heteroatoms. The first-order valence-electron chi connectivity index (χ1n) is 6.14. The molecule has 1 saturated carbocycles. The zero-order chi connectivity index (χ0) is 11.6. The highest BCUT2D eigenvalue weighted by molar-refractivity contribution is 5.29. The second-order valence-electron chi connectivity index (χ2n) is 5.03. The lowest BCUT2D eigenvalue weighted by Gasteiger charge is -2.13. The molecule has 0 aliphatic heterocycles. The van der Waals surface area contributed by atoms with Gasteiger partial charge in [0.05, 0.1) is 5.54 Å². The average molecular weight is 219 g/mol. The summed E-state index contributed by atoms with van der Waals surface area (Å²) in [5, 5.41) is 0. The normalized spacial score (nSPS) is 19.2. The van der Waals surface area contributed by atoms with Crippen LogP contribution in [0, 0.1) is 0 Å². The molecule has 0 amide bonds. The van der Waals surface area contributed by atoms with Crippen LogP contribution in [0.2, 0.25) is 0 Å². The summed E-state index contributed by atoms with van der Waals surface area (Å²) >= 11 is 0. The van der Waals surface area contributed by atoms with Gasteiger partial charge in [0.1, 0.15) is 12.4 Å². The van der Waals surface area contributed by atoms with Gasteiger partial charge in [0.25, 0.3) is 0 Å². The predicted octanol–water partition coefficient (Wildman–Crippen LogP) is 3.07. The second-order valence-corrected chi connectivity index (χ2v) is 5.03. The van der Waals surface area contributed by atoms with Crippen molar-refractivity contribution >= 4 is 0 Å². The first kappa shape index (κ1) is 11.5. The molecule has 0 heterocycles. The smallest absolute Gasteiger partial charge is 0.119 e. The molecule has 2 rings (SSSR count). The number of rotatable bonds is 5. The Morgan fingerprint density at radius 1 is 1.31 bits per heavy atom. The minimum Gasteiger partial charge on any atom is -0.492 e. The lowest BCUT2D eigenvalue weighted by atomic mass is 9.99. The van der Waals surface area contributed by atoms with E-state index in [0.29, 0.717) is 12.5 Å². The Bertz CT molecular complexity index is 340. The van der Waals surface area contributed by atoms with Crippen LogP contribution in [0.5, 0.6) is 5.75 Å². The molecule has 1 fully saturated rings. The lowest BCUT2D eigenvalue weighted by Crippen LogP contribution is -2.29. The minimum absolute atomic E-state index is 0.0324. The van der Waals surface area contributed by atoms with Crippen LogP contribution in [0.4, 0.5) is 0 Å². The second kappa shape index (κ2) is 4.46. The van der Waals surface area contributed by atoms with Crippen molar-refractivity contribution < 1.29 is 4.74 Å². The highest BCUT2D eigenvalue weighted by atomic mass is 16.5. The summed E-state index contributed by atoms with van der Waals surface area (Å²) in [6.07, 6.45) is 3.36. The van der Waals surface area contributed by atoms with Gasteiger partial charge in [-0.15, -0.1) is 0 Å². The van der Waals surface area contributed by atoms with Crippen molar-refractivity contribution in [3.8, 4) is 5.75 Å². The summed E-state index contributed by atoms with van der Waals surface area (Å²) in [5.74, 6) is 1.56. The first-order chi connectivity index (χ1) is 7.63. The Labute approximate surface area is 97.8 Å². The van der Waals surface area contributed by atoms with Crippen molar-refractivity contribution in [3.05, 3.63) is 29.8 Å². The van der Waals surface area contributed by atoms with Gasteiger partial charge in [-0.3, -0.25) is 0 Å². The van der Waals surface area contributed by atoms with Gasteiger partial charge in [0, 0.05) is 0 Å². The van der Waals surface area contributed by atoms with Gasteiger partial charge in [-0.25, -0.2) is 0 Å². The standard InChI is InChI=1S/C14H21NO/c1-3-11(2)12-4-6-13(7-5-12)16-10-14(15)8-9-14/h4-7,11H,3,8-10,15H2,1-2H3. The van der Waals surface area contributed by atoms with E-state index in [9.17, 15) is 0 Å². The molecular formula is C14H21NO. The van der Waals surface area contributed by atoms with Gasteiger partial charge >= 0.3 is 0 Å². The van der Waals surface area contributed by atoms with Crippen LogP contribution in [0.15, 0.2) is 24.3 Å². The fraction of sp³-hybridized carbons (Fsp3) is 0.571. The molecule has 1 aliphatic rings. The van der Waals surface area contributed by atoms with Gasteiger partial charge in [-0.05, 0) is 42.9 Å². The summed E-state index contributed by atoms with van der Waals surface area (Å²) in [7, 11) is 0. The fourth-order valence-corrected chi connectivity index (χ4v) is 1.66. The monoisotopic (exact) mass is 219 g/mol. The van der Waals surface area contributed by atoms with E-state index in [1.54, 1.807) is 0 Å². The SMILES string of the molecule is CCC(C)c1ccc(OCC2(N)CC2)cc1. The van der Waals surface area contributed by atoms with Crippen molar-refractivity contribution in [2.75, 3.05) is 6.61 Å². The maximum Gasteiger partial charge on any atom is 0.119 e. The van der Waals surface area contributed by atoms with Crippen LogP contribution in [-0.2, 0) is 0 Å². The van der Waals surface area contributed by atoms with E-state index in [-0.39, 0.29) is 5.54 Å². The Kier molecular flexibility index (Phi) is 3.20. The summed E-state index contributed by atoms with van der Waals surface area (Å²) in [6.45, 7) is 5.10. The van der Waals surface area contributed by atoms with Crippen LogP contribution in [-0.4, -0.2) is 12.1 Å². The minimum atomic E-state index is -0.0324. The Morgan fingerprint density at radius 3 is 2.44 bits per heavy atom. The number of benzene rings is 1. The molecule has 1 atom stereocenters. The van der Waals surface area contributed by atoms with Crippen LogP contribution >= 0.6 is 0 Å². The molecule has 1 aromatic carbocycles. The zero-order valence-electron chi connectivity index (χ0n) is 10.2. The number of nitrogens with two attached hydrogens (primary N) is 1. The van der Waals surface area contributed by atoms with Crippen molar-refractivity contribution in [1.82, 2.24) is 0 Å². The van der Waals surface area contributed by atoms with Crippen LogP contribution in [0.25, 0.3) is 0 Å². The molecule has 0 aromatic heterocycles. The Morgan fingerprint density at radius 2 is 1.94 bits per heavy atom. The Hall–Kier alpha value is -1.02. The topological polar surface area (TPSA) is 35.2 Å². The molecule has 2 nitrogen and oxygen atoms in total. The first-order valence-corrected chi connectivity index (χ1v) is 6.14. The molecule has 0 spiro atoms. The van der Waals surface area contributed by atoms with E-state index in [2.05, 4.69) is 26.0 Å². The van der Waals surface area contributed by atoms with Crippen LogP contribution in [0.1, 0.15) is 44.6 Å². The molecule has 0 bridgehead atoms. The molecular weight excluding hydrogens is 198 g/mol. The Balaban J connectivity index is 1.91. The number of hydrogen-bond acceptors (Lipinski definition) is 2. The molecule has 1 unspecified atom stereocenters. The maximum atomic E-state index is 5.97. The van der Waals surface area contributed by atoms with E-state index >= 15 is 0 Å². The summed E-state index contributed by atoms with van der Waals surface area (Å²) < 4.78 is 5.68. The van der Waals surface area contributed by atoms with E-state index in [0.717, 1.165) is 18.6 Å². The molecule has 0 radical (unpaired) electrons. The van der Waals surface area contributed by atoms with Crippen molar-refractivity contribution in [3.63, 3.8) is 0 Å². The molecule has 16 heavy (non-hydrogen) atoms. The molecule has 1 aliphatic carbocycles. The summed E-state index contributed by atoms with van der Waals surface area (Å²) in [6, 6.07) is 8.40. The maximum absolute atomic E-state index is 5.97. The summed E-state index contributed by atoms with van der Waals surface area (Å²) in [4.78, 5) is 0. The van der Waals surface area contributed by atoms with Gasteiger partial charge in [0.2, 0.25) is 0 Å². The molecule has 1 aromatic rings. The fourth-order valence-electron chi connectivity index (χ4n) is 1.66. The van der Waals surface area contributed by atoms with Gasteiger partial charge in [0.15, 0.2) is 0 Å². The van der Waals surface area contributed by atoms with E-state index < -0.39 is 0 Å². The van der Waals surface area contributed by atoms with Gasteiger partial charge in [-0.1, -0.05) is 26.0 Å². The average Bonchev–Trinajstić information content (AvgIpc) is 3.05. The lowest BCUT2D eigenvalue weighted by molar-refractivity contribution is 0.279. The molecule has 0 saturated heterocycles. The third kappa shape index (κ3) is 2.76. The van der Waals surface area contributed by atoms with E-state index in [1.165, 1.54) is 12.0 Å². The summed E-state index contributed by atoms with van der Waals surface area (Å²) in [5.41, 5.74) is 7.32. The van der Waals surface area contributed by atoms with E-state index in [1.807, 2.05) is 12.1 Å². The quantitative estimate of drug-likeness (QED) is 0.826. The number of hydrogen-bond donors (Lipinski definition) is 1. The van der Waals surface area contributed by atoms with E-state index in [4.69, 9.17) is 10.5 Å². The largest absolute Gasteiger partial charge is 0.492 e. The van der Waals surface area contributed by atoms with Crippen molar-refractivity contribution in [2.24, 2.45) is 5.73 Å². The third-order valence-corrected chi connectivity index (χ3v) is 3.48. The highest BCUT2D eigenvalue weighted by Crippen LogP contribution is 2.32. The van der Waals surface area contributed by atoms with Gasteiger partial charge < -0.3 is 10.5 Å². The predicted molar refractivity (Wildman–Crippen MR) is 66.8 cm³/mol. The zero-order valence-corrected chi connectivity index (χ0v) is 10.2. The van der Waals surface area contributed by atoms with Crippen LogP contribution in [0.3, 0.4) is 0 Å².